The fourth-order valence-corrected chi connectivity index (χ4v) is 8.91. The first-order valence-corrected chi connectivity index (χ1v) is 30.8. The molecule has 0 saturated carbocycles. The summed E-state index contributed by atoms with van der Waals surface area (Å²) in [6.07, 6.45) is 75.3. The number of allylic oxidation sites excluding steroid dienone is 10. The maximum absolute atomic E-state index is 12.8. The van der Waals surface area contributed by atoms with E-state index in [0.717, 1.165) is 96.3 Å². The second kappa shape index (κ2) is 59.7. The van der Waals surface area contributed by atoms with E-state index in [2.05, 4.69) is 81.5 Å². The second-order valence-corrected chi connectivity index (χ2v) is 20.6. The normalized spacial score (nSPS) is 12.4. The first-order valence-electron chi connectivity index (χ1n) is 30.8. The molecule has 1 atom stereocenters. The van der Waals surface area contributed by atoms with Crippen LogP contribution in [0.2, 0.25) is 0 Å². The van der Waals surface area contributed by atoms with Crippen molar-refractivity contribution < 1.29 is 28.6 Å². The van der Waals surface area contributed by atoms with Gasteiger partial charge in [0.15, 0.2) is 6.10 Å². The van der Waals surface area contributed by atoms with E-state index in [1.165, 1.54) is 180 Å². The van der Waals surface area contributed by atoms with Crippen molar-refractivity contribution in [3.63, 3.8) is 0 Å². The van der Waals surface area contributed by atoms with Gasteiger partial charge < -0.3 is 14.2 Å². The van der Waals surface area contributed by atoms with Gasteiger partial charge in [0.2, 0.25) is 0 Å². The Bertz CT molecular complexity index is 1280. The zero-order valence-corrected chi connectivity index (χ0v) is 47.2. The average Bonchev–Trinajstić information content (AvgIpc) is 3.37. The van der Waals surface area contributed by atoms with E-state index < -0.39 is 6.10 Å². The Labute approximate surface area is 440 Å². The summed E-state index contributed by atoms with van der Waals surface area (Å²) in [6.45, 7) is 6.49. The van der Waals surface area contributed by atoms with Gasteiger partial charge in [0.1, 0.15) is 13.2 Å². The molecule has 0 bridgehead atoms. The third kappa shape index (κ3) is 57.9. The molecule has 0 aromatic rings. The molecule has 0 radical (unpaired) electrons. The van der Waals surface area contributed by atoms with Crippen LogP contribution >= 0.6 is 0 Å². The number of carbonyl (C=O) groups excluding carboxylic acids is 3. The fourth-order valence-electron chi connectivity index (χ4n) is 8.91. The van der Waals surface area contributed by atoms with Crippen molar-refractivity contribution >= 4 is 17.9 Å². The summed E-state index contributed by atoms with van der Waals surface area (Å²) in [5.74, 6) is -0.868. The molecule has 0 aliphatic heterocycles. The summed E-state index contributed by atoms with van der Waals surface area (Å²) in [6, 6.07) is 0. The molecule has 0 N–H and O–H groups in total. The number of hydrogen-bond acceptors (Lipinski definition) is 6. The van der Waals surface area contributed by atoms with Crippen LogP contribution in [-0.4, -0.2) is 37.2 Å². The SMILES string of the molecule is CC/C=C\C/C=C\C/C=C\C/C=C\CCCCCCCCCCCCCCCCCCC(=O)OCC(COC(=O)CCCCCCC/C=C\CCC)OC(=O)CCCCCCCCCCCCCCCC. The van der Waals surface area contributed by atoms with Gasteiger partial charge in [-0.15, -0.1) is 0 Å². The summed E-state index contributed by atoms with van der Waals surface area (Å²) in [5.41, 5.74) is 0. The minimum atomic E-state index is -0.773. The zero-order chi connectivity index (χ0) is 51.4. The Kier molecular flexibility index (Phi) is 57.2. The Balaban J connectivity index is 4.12. The van der Waals surface area contributed by atoms with Crippen LogP contribution in [0, 0.1) is 0 Å². The predicted octanol–water partition coefficient (Wildman–Crippen LogP) is 20.8. The van der Waals surface area contributed by atoms with E-state index in [0.29, 0.717) is 19.3 Å². The molecular weight excluding hydrogens is 877 g/mol. The van der Waals surface area contributed by atoms with Gasteiger partial charge in [-0.1, -0.05) is 281 Å². The fraction of sp³-hybridized carbons (Fsp3) is 0.800. The number of carbonyl (C=O) groups is 3. The van der Waals surface area contributed by atoms with Crippen LogP contribution in [0.4, 0.5) is 0 Å². The van der Waals surface area contributed by atoms with Crippen LogP contribution in [0.5, 0.6) is 0 Å². The van der Waals surface area contributed by atoms with Crippen LogP contribution in [-0.2, 0) is 28.6 Å². The Hall–Kier alpha value is -2.89. The summed E-state index contributed by atoms with van der Waals surface area (Å²) in [4.78, 5) is 38.1. The van der Waals surface area contributed by atoms with Gasteiger partial charge in [-0.05, 0) is 77.0 Å². The third-order valence-corrected chi connectivity index (χ3v) is 13.5. The Morgan fingerprint density at radius 1 is 0.296 bits per heavy atom. The van der Waals surface area contributed by atoms with E-state index in [1.54, 1.807) is 0 Å². The highest BCUT2D eigenvalue weighted by atomic mass is 16.6. The van der Waals surface area contributed by atoms with Gasteiger partial charge in [-0.25, -0.2) is 0 Å². The monoisotopic (exact) mass is 993 g/mol. The number of unbranched alkanes of at least 4 members (excludes halogenated alkanes) is 35. The van der Waals surface area contributed by atoms with Crippen LogP contribution in [0.3, 0.4) is 0 Å². The van der Waals surface area contributed by atoms with Gasteiger partial charge in [-0.3, -0.25) is 14.4 Å². The van der Waals surface area contributed by atoms with Gasteiger partial charge in [0, 0.05) is 19.3 Å². The van der Waals surface area contributed by atoms with Crippen LogP contribution in [0.1, 0.15) is 316 Å². The van der Waals surface area contributed by atoms with Crippen molar-refractivity contribution in [3.05, 3.63) is 60.8 Å². The summed E-state index contributed by atoms with van der Waals surface area (Å²) >= 11 is 0. The van der Waals surface area contributed by atoms with Crippen LogP contribution in [0.25, 0.3) is 0 Å². The average molecular weight is 994 g/mol. The summed E-state index contributed by atoms with van der Waals surface area (Å²) < 4.78 is 16.9. The summed E-state index contributed by atoms with van der Waals surface area (Å²) in [5, 5.41) is 0. The van der Waals surface area contributed by atoms with Gasteiger partial charge in [0.25, 0.3) is 0 Å². The molecule has 0 aromatic carbocycles. The lowest BCUT2D eigenvalue weighted by atomic mass is 10.0. The van der Waals surface area contributed by atoms with Crippen molar-refractivity contribution in [1.29, 1.82) is 0 Å². The molecule has 0 aliphatic carbocycles. The molecule has 71 heavy (non-hydrogen) atoms. The zero-order valence-electron chi connectivity index (χ0n) is 47.2. The lowest BCUT2D eigenvalue weighted by Crippen LogP contribution is -2.30. The smallest absolute Gasteiger partial charge is 0.306 e. The minimum absolute atomic E-state index is 0.0724. The van der Waals surface area contributed by atoms with Crippen LogP contribution in [0.15, 0.2) is 60.8 Å². The highest BCUT2D eigenvalue weighted by Gasteiger charge is 2.19. The molecule has 0 spiro atoms. The molecule has 6 nitrogen and oxygen atoms in total. The minimum Gasteiger partial charge on any atom is -0.462 e. The van der Waals surface area contributed by atoms with E-state index in [4.69, 9.17) is 14.2 Å². The molecule has 0 heterocycles. The van der Waals surface area contributed by atoms with Crippen LogP contribution < -0.4 is 0 Å². The molecular formula is C65H116O6. The number of ether oxygens (including phenoxy) is 3. The molecule has 0 amide bonds. The predicted molar refractivity (Wildman–Crippen MR) is 307 cm³/mol. The maximum Gasteiger partial charge on any atom is 0.306 e. The molecule has 0 rings (SSSR count). The van der Waals surface area contributed by atoms with E-state index >= 15 is 0 Å². The number of esters is 3. The first kappa shape index (κ1) is 68.1. The van der Waals surface area contributed by atoms with Crippen molar-refractivity contribution in [2.45, 2.75) is 322 Å². The van der Waals surface area contributed by atoms with Gasteiger partial charge >= 0.3 is 17.9 Å². The molecule has 1 unspecified atom stereocenters. The lowest BCUT2D eigenvalue weighted by Gasteiger charge is -2.18. The lowest BCUT2D eigenvalue weighted by molar-refractivity contribution is -0.167. The molecule has 412 valence electrons. The van der Waals surface area contributed by atoms with Crippen molar-refractivity contribution in [2.24, 2.45) is 0 Å². The van der Waals surface area contributed by atoms with Gasteiger partial charge in [0.05, 0.1) is 0 Å². The van der Waals surface area contributed by atoms with Crippen molar-refractivity contribution in [1.82, 2.24) is 0 Å². The maximum atomic E-state index is 12.8. The third-order valence-electron chi connectivity index (χ3n) is 13.5. The molecule has 6 heteroatoms. The number of rotatable bonds is 56. The van der Waals surface area contributed by atoms with E-state index in [-0.39, 0.29) is 31.1 Å². The van der Waals surface area contributed by atoms with E-state index in [9.17, 15) is 14.4 Å². The van der Waals surface area contributed by atoms with Gasteiger partial charge in [-0.2, -0.15) is 0 Å². The largest absolute Gasteiger partial charge is 0.462 e. The standard InChI is InChI=1S/C65H116O6/c1-4-7-10-13-16-19-22-24-26-27-28-29-30-31-32-33-34-35-36-37-38-39-40-42-43-46-49-52-55-58-64(67)70-61-62(60-69-63(66)57-54-51-48-45-21-18-15-12-9-6-3)71-65(68)59-56-53-50-47-44-41-25-23-20-17-14-11-8-5-2/h7,10,12,15-16,19,24,26,28-29,62H,4-6,8-9,11,13-14,17-18,20-23,25,27,30-61H2,1-3H3/b10-7-,15-12-,19-16-,26-24-,29-28-. The highest BCUT2D eigenvalue weighted by molar-refractivity contribution is 5.71. The molecule has 0 aliphatic rings. The number of hydrogen-bond donors (Lipinski definition) is 0. The second-order valence-electron chi connectivity index (χ2n) is 20.6. The molecule has 0 aromatic heterocycles. The quantitative estimate of drug-likeness (QED) is 0.0261. The topological polar surface area (TPSA) is 78.9 Å². The molecule has 0 saturated heterocycles. The molecule has 0 fully saturated rings. The van der Waals surface area contributed by atoms with Crippen molar-refractivity contribution in [3.8, 4) is 0 Å². The Morgan fingerprint density at radius 3 is 0.930 bits per heavy atom. The van der Waals surface area contributed by atoms with Crippen molar-refractivity contribution in [2.75, 3.05) is 13.2 Å². The summed E-state index contributed by atoms with van der Waals surface area (Å²) in [7, 11) is 0. The Morgan fingerprint density at radius 2 is 0.577 bits per heavy atom. The first-order chi connectivity index (χ1) is 35.0. The van der Waals surface area contributed by atoms with E-state index in [1.807, 2.05) is 0 Å². The highest BCUT2D eigenvalue weighted by Crippen LogP contribution is 2.17.